The second-order valence-electron chi connectivity index (χ2n) is 4.90. The average molecular weight is 294 g/mol. The van der Waals surface area contributed by atoms with Gasteiger partial charge in [-0.3, -0.25) is 10.1 Å². The maximum absolute atomic E-state index is 10.9. The fourth-order valence-electron chi connectivity index (χ4n) is 2.43. The molecule has 110 valence electrons. The first-order chi connectivity index (χ1) is 10.7. The molecule has 0 aliphatic rings. The number of methoxy groups -OCH3 is 1. The Balaban J connectivity index is 2.14. The van der Waals surface area contributed by atoms with E-state index in [9.17, 15) is 10.1 Å². The van der Waals surface area contributed by atoms with E-state index >= 15 is 0 Å². The Kier molecular flexibility index (Phi) is 3.70. The monoisotopic (exact) mass is 294 g/mol. The van der Waals surface area contributed by atoms with Gasteiger partial charge in [0.25, 0.3) is 0 Å². The summed E-state index contributed by atoms with van der Waals surface area (Å²) in [6.07, 6.45) is 0. The van der Waals surface area contributed by atoms with Crippen molar-refractivity contribution in [3.63, 3.8) is 0 Å². The lowest BCUT2D eigenvalue weighted by Gasteiger charge is -2.08. The van der Waals surface area contributed by atoms with Gasteiger partial charge in [-0.05, 0) is 36.4 Å². The molecular weight excluding hydrogens is 280 g/mol. The molecule has 0 bridgehead atoms. The number of nitro groups is 1. The van der Waals surface area contributed by atoms with Crippen molar-refractivity contribution in [3.05, 3.63) is 70.3 Å². The zero-order valence-corrected chi connectivity index (χ0v) is 12.0. The number of benzene rings is 2. The van der Waals surface area contributed by atoms with Gasteiger partial charge in [-0.15, -0.1) is 0 Å². The van der Waals surface area contributed by atoms with Crippen LogP contribution in [0.2, 0.25) is 0 Å². The topological polar surface area (TPSA) is 65.3 Å². The number of pyridine rings is 1. The van der Waals surface area contributed by atoms with E-state index in [1.807, 2.05) is 48.5 Å². The number of hydrogen-bond acceptors (Lipinski definition) is 4. The highest BCUT2D eigenvalue weighted by Gasteiger charge is 2.11. The van der Waals surface area contributed by atoms with E-state index < -0.39 is 0 Å². The van der Waals surface area contributed by atoms with Crippen LogP contribution in [0.1, 0.15) is 5.56 Å². The van der Waals surface area contributed by atoms with Crippen molar-refractivity contribution in [2.45, 2.75) is 6.54 Å². The second-order valence-corrected chi connectivity index (χ2v) is 4.90. The highest BCUT2D eigenvalue weighted by molar-refractivity contribution is 5.85. The highest BCUT2D eigenvalue weighted by Crippen LogP contribution is 2.26. The van der Waals surface area contributed by atoms with Gasteiger partial charge in [0.1, 0.15) is 5.75 Å². The molecule has 0 N–H and O–H groups in total. The SMILES string of the molecule is COc1ccc(-c2cc(C[N+](=O)[O-])c3ccccc3n2)cc1. The summed E-state index contributed by atoms with van der Waals surface area (Å²) in [6, 6.07) is 16.7. The minimum atomic E-state index is -0.320. The molecule has 0 saturated carbocycles. The lowest BCUT2D eigenvalue weighted by atomic mass is 10.0. The molecule has 5 heteroatoms. The summed E-state index contributed by atoms with van der Waals surface area (Å²) in [5.41, 5.74) is 3.04. The van der Waals surface area contributed by atoms with Crippen molar-refractivity contribution in [1.29, 1.82) is 0 Å². The number of para-hydroxylation sites is 1. The van der Waals surface area contributed by atoms with E-state index in [0.29, 0.717) is 5.56 Å². The summed E-state index contributed by atoms with van der Waals surface area (Å²) in [7, 11) is 1.61. The highest BCUT2D eigenvalue weighted by atomic mass is 16.6. The quantitative estimate of drug-likeness (QED) is 0.543. The number of rotatable bonds is 4. The van der Waals surface area contributed by atoms with Crippen molar-refractivity contribution in [1.82, 2.24) is 4.98 Å². The zero-order chi connectivity index (χ0) is 15.5. The molecule has 0 fully saturated rings. The number of aromatic nitrogens is 1. The predicted octanol–water partition coefficient (Wildman–Crippen LogP) is 3.69. The van der Waals surface area contributed by atoms with Crippen molar-refractivity contribution in [2.75, 3.05) is 7.11 Å². The first-order valence-corrected chi connectivity index (χ1v) is 6.82. The molecular formula is C17H14N2O3. The third-order valence-electron chi connectivity index (χ3n) is 3.49. The zero-order valence-electron chi connectivity index (χ0n) is 12.0. The van der Waals surface area contributed by atoms with Crippen molar-refractivity contribution >= 4 is 10.9 Å². The maximum Gasteiger partial charge on any atom is 0.229 e. The van der Waals surface area contributed by atoms with Crippen molar-refractivity contribution in [2.24, 2.45) is 0 Å². The van der Waals surface area contributed by atoms with Crippen LogP contribution in [-0.4, -0.2) is 17.0 Å². The van der Waals surface area contributed by atoms with Gasteiger partial charge in [0.05, 0.1) is 18.3 Å². The van der Waals surface area contributed by atoms with E-state index in [1.165, 1.54) is 0 Å². The van der Waals surface area contributed by atoms with E-state index in [-0.39, 0.29) is 11.5 Å². The summed E-state index contributed by atoms with van der Waals surface area (Å²) in [5, 5.41) is 11.7. The molecule has 22 heavy (non-hydrogen) atoms. The molecule has 0 aliphatic heterocycles. The number of fused-ring (bicyclic) bond motifs is 1. The van der Waals surface area contributed by atoms with Gasteiger partial charge in [-0.25, -0.2) is 4.98 Å². The average Bonchev–Trinajstić information content (AvgIpc) is 2.54. The van der Waals surface area contributed by atoms with Crippen LogP contribution in [0.4, 0.5) is 0 Å². The lowest BCUT2D eigenvalue weighted by molar-refractivity contribution is -0.496. The molecule has 5 nitrogen and oxygen atoms in total. The Hall–Kier alpha value is -2.95. The van der Waals surface area contributed by atoms with Gasteiger partial charge in [-0.1, -0.05) is 18.2 Å². The molecule has 0 aliphatic carbocycles. The molecule has 1 heterocycles. The van der Waals surface area contributed by atoms with E-state index in [2.05, 4.69) is 4.98 Å². The standard InChI is InChI=1S/C17H14N2O3/c1-22-14-8-6-12(7-9-14)17-10-13(11-19(20)21)15-4-2-3-5-16(15)18-17/h2-10H,11H2,1H3. The Morgan fingerprint density at radius 3 is 2.55 bits per heavy atom. The number of hydrogen-bond donors (Lipinski definition) is 0. The van der Waals surface area contributed by atoms with Crippen LogP contribution in [0.15, 0.2) is 54.6 Å². The molecule has 1 aromatic heterocycles. The third kappa shape index (κ3) is 2.74. The Morgan fingerprint density at radius 1 is 1.14 bits per heavy atom. The van der Waals surface area contributed by atoms with Crippen LogP contribution in [0.5, 0.6) is 5.75 Å². The van der Waals surface area contributed by atoms with Crippen LogP contribution < -0.4 is 4.74 Å². The van der Waals surface area contributed by atoms with Gasteiger partial charge in [0.15, 0.2) is 0 Å². The fourth-order valence-corrected chi connectivity index (χ4v) is 2.43. The van der Waals surface area contributed by atoms with E-state index in [4.69, 9.17) is 4.74 Å². The van der Waals surface area contributed by atoms with Crippen molar-refractivity contribution in [3.8, 4) is 17.0 Å². The Bertz CT molecular complexity index is 829. The normalized spacial score (nSPS) is 10.6. The minimum absolute atomic E-state index is 0.216. The third-order valence-corrected chi connectivity index (χ3v) is 3.49. The molecule has 0 amide bonds. The Labute approximate surface area is 127 Å². The van der Waals surface area contributed by atoms with E-state index in [1.54, 1.807) is 13.2 Å². The first-order valence-electron chi connectivity index (χ1n) is 6.82. The summed E-state index contributed by atoms with van der Waals surface area (Å²) in [4.78, 5) is 15.2. The molecule has 3 aromatic rings. The number of ether oxygens (including phenoxy) is 1. The summed E-state index contributed by atoms with van der Waals surface area (Å²) in [6.45, 7) is -0.216. The predicted molar refractivity (Wildman–Crippen MR) is 84.4 cm³/mol. The van der Waals surface area contributed by atoms with Gasteiger partial charge >= 0.3 is 0 Å². The lowest BCUT2D eigenvalue weighted by Crippen LogP contribution is -2.00. The van der Waals surface area contributed by atoms with Gasteiger partial charge < -0.3 is 4.74 Å². The van der Waals surface area contributed by atoms with Gasteiger partial charge in [0, 0.05) is 21.4 Å². The summed E-state index contributed by atoms with van der Waals surface area (Å²) >= 11 is 0. The molecule has 2 aromatic carbocycles. The molecule has 0 spiro atoms. The van der Waals surface area contributed by atoms with Crippen LogP contribution in [0.25, 0.3) is 22.2 Å². The molecule has 0 unspecified atom stereocenters. The molecule has 0 saturated heterocycles. The van der Waals surface area contributed by atoms with Crippen LogP contribution in [0.3, 0.4) is 0 Å². The number of nitrogens with zero attached hydrogens (tertiary/aromatic N) is 2. The van der Waals surface area contributed by atoms with Crippen LogP contribution >= 0.6 is 0 Å². The van der Waals surface area contributed by atoms with Gasteiger partial charge in [0.2, 0.25) is 6.54 Å². The largest absolute Gasteiger partial charge is 0.497 e. The summed E-state index contributed by atoms with van der Waals surface area (Å²) in [5.74, 6) is 0.759. The van der Waals surface area contributed by atoms with Crippen molar-refractivity contribution < 1.29 is 9.66 Å². The second kappa shape index (κ2) is 5.81. The van der Waals surface area contributed by atoms with Crippen LogP contribution in [0, 0.1) is 10.1 Å². The van der Waals surface area contributed by atoms with E-state index in [0.717, 1.165) is 27.9 Å². The minimum Gasteiger partial charge on any atom is -0.497 e. The molecule has 0 atom stereocenters. The summed E-state index contributed by atoms with van der Waals surface area (Å²) < 4.78 is 5.14. The molecule has 0 radical (unpaired) electrons. The Morgan fingerprint density at radius 2 is 1.86 bits per heavy atom. The smallest absolute Gasteiger partial charge is 0.229 e. The molecule has 3 rings (SSSR count). The van der Waals surface area contributed by atoms with Gasteiger partial charge in [-0.2, -0.15) is 0 Å². The first kappa shape index (κ1) is 14.0. The van der Waals surface area contributed by atoms with Crippen LogP contribution in [-0.2, 0) is 6.54 Å². The fraction of sp³-hybridized carbons (Fsp3) is 0.118. The maximum atomic E-state index is 10.9.